The number of rotatable bonds is 1. The highest BCUT2D eigenvalue weighted by Gasteiger charge is 2.17. The van der Waals surface area contributed by atoms with Crippen LogP contribution in [-0.2, 0) is 4.29 Å². The van der Waals surface area contributed by atoms with Crippen molar-refractivity contribution in [2.75, 3.05) is 0 Å². The first-order chi connectivity index (χ1) is 2.56. The Morgan fingerprint density at radius 2 is 1.67 bits per heavy atom. The molecule has 2 N–H and O–H groups in total. The van der Waals surface area contributed by atoms with Crippen molar-refractivity contribution >= 4 is 23.5 Å². The van der Waals surface area contributed by atoms with E-state index in [9.17, 15) is 0 Å². The standard InChI is InChI=1S/CH2Cl2O3/c2-1(4,5)6-3/h4-5H. The average Bonchev–Trinajstić information content (AvgIpc) is 1.35. The Kier molecular flexibility index (Phi) is 2.10. The Labute approximate surface area is 44.2 Å². The van der Waals surface area contributed by atoms with Crippen molar-refractivity contribution in [3.63, 3.8) is 0 Å². The minimum Gasteiger partial charge on any atom is -0.329 e. The van der Waals surface area contributed by atoms with E-state index in [-0.39, 0.29) is 0 Å². The monoisotopic (exact) mass is 132 g/mol. The van der Waals surface area contributed by atoms with E-state index in [4.69, 9.17) is 10.2 Å². The van der Waals surface area contributed by atoms with Crippen molar-refractivity contribution in [1.29, 1.82) is 0 Å². The lowest BCUT2D eigenvalue weighted by Gasteiger charge is -2.03. The SMILES string of the molecule is OC(O)(Cl)OCl. The molecular formula is CH2Cl2O3. The lowest BCUT2D eigenvalue weighted by atomic mass is 11.3. The fourth-order valence-electron chi connectivity index (χ4n) is 0. The van der Waals surface area contributed by atoms with E-state index >= 15 is 0 Å². The molecule has 0 spiro atoms. The topological polar surface area (TPSA) is 49.7 Å². The van der Waals surface area contributed by atoms with Crippen LogP contribution in [0, 0.1) is 0 Å². The number of aliphatic hydroxyl groups is 2. The van der Waals surface area contributed by atoms with Gasteiger partial charge in [-0.15, -0.1) is 0 Å². The lowest BCUT2D eigenvalue weighted by Crippen LogP contribution is -2.18. The Hall–Kier alpha value is 0.460. The van der Waals surface area contributed by atoms with E-state index in [1.54, 1.807) is 0 Å². The zero-order valence-corrected chi connectivity index (χ0v) is 4.07. The molecule has 0 aromatic carbocycles. The Bertz CT molecular complexity index is 38.5. The number of hydrogen-bond donors (Lipinski definition) is 2. The minimum absolute atomic E-state index is 2.72. The van der Waals surface area contributed by atoms with Crippen molar-refractivity contribution in [3.8, 4) is 0 Å². The van der Waals surface area contributed by atoms with E-state index in [1.165, 1.54) is 0 Å². The van der Waals surface area contributed by atoms with Gasteiger partial charge in [-0.05, 0) is 11.6 Å². The molecule has 38 valence electrons. The maximum atomic E-state index is 7.79. The predicted molar refractivity (Wildman–Crippen MR) is 20.0 cm³/mol. The van der Waals surface area contributed by atoms with Gasteiger partial charge in [0.15, 0.2) is 0 Å². The third-order valence-electron chi connectivity index (χ3n) is 0.0982. The van der Waals surface area contributed by atoms with Gasteiger partial charge in [-0.1, -0.05) is 0 Å². The zero-order chi connectivity index (χ0) is 5.21. The second kappa shape index (κ2) is 1.95. The molecule has 5 heteroatoms. The quantitative estimate of drug-likeness (QED) is 0.390. The van der Waals surface area contributed by atoms with E-state index in [1.807, 2.05) is 0 Å². The largest absolute Gasteiger partial charge is 0.381 e. The summed E-state index contributed by atoms with van der Waals surface area (Å²) >= 11 is 8.82. The van der Waals surface area contributed by atoms with Crippen LogP contribution in [0.1, 0.15) is 0 Å². The molecule has 0 amide bonds. The van der Waals surface area contributed by atoms with Gasteiger partial charge in [0.25, 0.3) is 0 Å². The second-order valence-electron chi connectivity index (χ2n) is 0.606. The first-order valence-electron chi connectivity index (χ1n) is 0.995. The van der Waals surface area contributed by atoms with Crippen LogP contribution in [0.4, 0.5) is 0 Å². The molecule has 0 atom stereocenters. The summed E-state index contributed by atoms with van der Waals surface area (Å²) in [5, 5.41) is 15.6. The van der Waals surface area contributed by atoms with E-state index in [0.717, 1.165) is 0 Å². The predicted octanol–water partition coefficient (Wildman–Crippen LogP) is -0.00850. The molecule has 3 nitrogen and oxygen atoms in total. The fraction of sp³-hybridized carbons (Fsp3) is 1.00. The van der Waals surface area contributed by atoms with Crippen LogP contribution in [0.15, 0.2) is 0 Å². The Morgan fingerprint density at radius 1 is 1.50 bits per heavy atom. The van der Waals surface area contributed by atoms with Crippen LogP contribution in [-0.4, -0.2) is 15.6 Å². The van der Waals surface area contributed by atoms with Crippen molar-refractivity contribution < 1.29 is 14.5 Å². The van der Waals surface area contributed by atoms with Crippen molar-refractivity contribution in [3.05, 3.63) is 0 Å². The van der Waals surface area contributed by atoms with Crippen LogP contribution in [0.3, 0.4) is 0 Å². The van der Waals surface area contributed by atoms with Gasteiger partial charge in [0.1, 0.15) is 0 Å². The molecule has 0 saturated carbocycles. The highest BCUT2D eigenvalue weighted by Crippen LogP contribution is 2.07. The molecule has 0 saturated heterocycles. The molecule has 0 aromatic heterocycles. The normalized spacial score (nSPS) is 12.0. The van der Waals surface area contributed by atoms with Gasteiger partial charge in [0.05, 0.1) is 11.9 Å². The summed E-state index contributed by atoms with van der Waals surface area (Å²) < 4.78 is 3.29. The van der Waals surface area contributed by atoms with Gasteiger partial charge in [-0.25, -0.2) is 4.29 Å². The summed E-state index contributed by atoms with van der Waals surface area (Å²) in [7, 11) is 0. The molecule has 0 aliphatic heterocycles. The lowest BCUT2D eigenvalue weighted by molar-refractivity contribution is -0.220. The summed E-state index contributed by atoms with van der Waals surface area (Å²) in [6, 6.07) is 0. The van der Waals surface area contributed by atoms with E-state index < -0.39 is 5.43 Å². The molecule has 0 heterocycles. The molecule has 0 aliphatic carbocycles. The van der Waals surface area contributed by atoms with Gasteiger partial charge in [0.2, 0.25) is 0 Å². The highest BCUT2D eigenvalue weighted by atomic mass is 35.5. The van der Waals surface area contributed by atoms with Gasteiger partial charge < -0.3 is 10.2 Å². The number of halogens is 2. The Balaban J connectivity index is 3.17. The zero-order valence-electron chi connectivity index (χ0n) is 2.56. The molecule has 6 heavy (non-hydrogen) atoms. The Morgan fingerprint density at radius 3 is 1.67 bits per heavy atom. The van der Waals surface area contributed by atoms with E-state index in [2.05, 4.69) is 27.8 Å². The molecule has 0 fully saturated rings. The van der Waals surface area contributed by atoms with Gasteiger partial charge >= 0.3 is 5.43 Å². The van der Waals surface area contributed by atoms with Crippen molar-refractivity contribution in [2.45, 2.75) is 5.43 Å². The van der Waals surface area contributed by atoms with Crippen LogP contribution >= 0.6 is 23.5 Å². The summed E-state index contributed by atoms with van der Waals surface area (Å²) in [5.41, 5.74) is -2.72. The summed E-state index contributed by atoms with van der Waals surface area (Å²) in [6.45, 7) is 0. The molecular weight excluding hydrogens is 131 g/mol. The molecule has 0 aliphatic rings. The minimum atomic E-state index is -2.72. The van der Waals surface area contributed by atoms with Crippen LogP contribution in [0.5, 0.6) is 0 Å². The van der Waals surface area contributed by atoms with Crippen LogP contribution in [0.2, 0.25) is 0 Å². The smallest absolute Gasteiger partial charge is 0.329 e. The molecule has 0 rings (SSSR count). The summed E-state index contributed by atoms with van der Waals surface area (Å²) in [4.78, 5) is 0. The molecule has 0 radical (unpaired) electrons. The van der Waals surface area contributed by atoms with Crippen molar-refractivity contribution in [1.82, 2.24) is 0 Å². The fourth-order valence-corrected chi connectivity index (χ4v) is 0. The number of hydrogen-bond acceptors (Lipinski definition) is 3. The van der Waals surface area contributed by atoms with Crippen LogP contribution in [0.25, 0.3) is 0 Å². The summed E-state index contributed by atoms with van der Waals surface area (Å²) in [6.07, 6.45) is 0. The van der Waals surface area contributed by atoms with Crippen molar-refractivity contribution in [2.24, 2.45) is 0 Å². The van der Waals surface area contributed by atoms with E-state index in [0.29, 0.717) is 0 Å². The molecule has 0 bridgehead atoms. The first-order valence-corrected chi connectivity index (χ1v) is 1.68. The molecule has 0 aromatic rings. The van der Waals surface area contributed by atoms with Gasteiger partial charge in [0, 0.05) is 0 Å². The van der Waals surface area contributed by atoms with Crippen LogP contribution < -0.4 is 0 Å². The third kappa shape index (κ3) is 4.46. The number of alkyl halides is 1. The maximum absolute atomic E-state index is 7.79. The maximum Gasteiger partial charge on any atom is 0.381 e. The summed E-state index contributed by atoms with van der Waals surface area (Å²) in [5.74, 6) is 0. The first kappa shape index (κ1) is 6.46. The average molecular weight is 133 g/mol. The highest BCUT2D eigenvalue weighted by molar-refractivity contribution is 6.22. The van der Waals surface area contributed by atoms with Gasteiger partial charge in [-0.2, -0.15) is 0 Å². The third-order valence-corrected chi connectivity index (χ3v) is 0.469. The second-order valence-corrected chi connectivity index (χ2v) is 1.25. The van der Waals surface area contributed by atoms with Gasteiger partial charge in [-0.3, -0.25) is 0 Å². The molecule has 0 unspecified atom stereocenters.